The molecule has 0 spiro atoms. The number of nitrogens with zero attached hydrogens (tertiary/aromatic N) is 1. The highest BCUT2D eigenvalue weighted by atomic mass is 32.2. The van der Waals surface area contributed by atoms with Gasteiger partial charge in [-0.25, -0.2) is 8.42 Å². The summed E-state index contributed by atoms with van der Waals surface area (Å²) in [5.74, 6) is 0.170. The Morgan fingerprint density at radius 3 is 2.10 bits per heavy atom. The third kappa shape index (κ3) is 4.80. The lowest BCUT2D eigenvalue weighted by Crippen LogP contribution is -2.34. The summed E-state index contributed by atoms with van der Waals surface area (Å²) in [6, 6.07) is 7.38. The second-order valence-corrected chi connectivity index (χ2v) is 8.17. The Morgan fingerprint density at radius 1 is 1.15 bits per heavy atom. The minimum absolute atomic E-state index is 0.00981. The molecule has 0 heterocycles. The molecule has 0 aliphatic heterocycles. The van der Waals surface area contributed by atoms with Gasteiger partial charge in [0, 0.05) is 13.1 Å². The average molecular weight is 298 g/mol. The van der Waals surface area contributed by atoms with Gasteiger partial charge in [-0.3, -0.25) is 4.31 Å². The zero-order valence-electron chi connectivity index (χ0n) is 12.9. The van der Waals surface area contributed by atoms with Gasteiger partial charge in [-0.15, -0.1) is 0 Å². The molecule has 0 radical (unpaired) electrons. The zero-order chi connectivity index (χ0) is 15.4. The van der Waals surface area contributed by atoms with Crippen LogP contribution in [-0.4, -0.2) is 20.7 Å². The maximum Gasteiger partial charge on any atom is 0.235 e. The molecule has 1 rings (SSSR count). The van der Waals surface area contributed by atoms with Crippen molar-refractivity contribution in [1.82, 2.24) is 0 Å². The van der Waals surface area contributed by atoms with Crippen molar-refractivity contribution in [3.8, 4) is 0 Å². The number of benzene rings is 1. The van der Waals surface area contributed by atoms with E-state index in [1.807, 2.05) is 31.2 Å². The van der Waals surface area contributed by atoms with Crippen LogP contribution in [0.25, 0.3) is 0 Å². The van der Waals surface area contributed by atoms with Crippen molar-refractivity contribution >= 4 is 15.7 Å². The number of rotatable bonds is 6. The molecule has 0 fully saturated rings. The summed E-state index contributed by atoms with van der Waals surface area (Å²) in [5, 5.41) is 0. The molecule has 0 saturated carbocycles. The van der Waals surface area contributed by atoms with E-state index < -0.39 is 10.0 Å². The van der Waals surface area contributed by atoms with Crippen LogP contribution in [0.3, 0.4) is 0 Å². The van der Waals surface area contributed by atoms with E-state index in [-0.39, 0.29) is 11.2 Å². The van der Waals surface area contributed by atoms with Crippen molar-refractivity contribution in [1.29, 1.82) is 0 Å². The van der Waals surface area contributed by atoms with E-state index >= 15 is 0 Å². The van der Waals surface area contributed by atoms with Gasteiger partial charge in [-0.2, -0.15) is 0 Å². The Bertz CT molecular complexity index is 516. The minimum Gasteiger partial charge on any atom is -0.326 e. The van der Waals surface area contributed by atoms with Crippen LogP contribution in [0.1, 0.15) is 39.7 Å². The number of anilines is 1. The van der Waals surface area contributed by atoms with Gasteiger partial charge in [0.1, 0.15) is 0 Å². The van der Waals surface area contributed by atoms with E-state index in [4.69, 9.17) is 5.73 Å². The smallest absolute Gasteiger partial charge is 0.235 e. The molecule has 2 N–H and O–H groups in total. The van der Waals surface area contributed by atoms with Crippen LogP contribution in [0, 0.1) is 5.41 Å². The molecule has 1 aromatic rings. The van der Waals surface area contributed by atoms with Crippen LogP contribution in [0.4, 0.5) is 5.69 Å². The van der Waals surface area contributed by atoms with E-state index in [1.165, 1.54) is 4.31 Å². The van der Waals surface area contributed by atoms with Gasteiger partial charge < -0.3 is 5.73 Å². The topological polar surface area (TPSA) is 63.4 Å². The highest BCUT2D eigenvalue weighted by Crippen LogP contribution is 2.23. The monoisotopic (exact) mass is 298 g/mol. The summed E-state index contributed by atoms with van der Waals surface area (Å²) >= 11 is 0. The third-order valence-corrected chi connectivity index (χ3v) is 5.05. The molecule has 1 aromatic carbocycles. The molecular weight excluding hydrogens is 272 g/mol. The Balaban J connectivity index is 2.93. The molecule has 114 valence electrons. The molecule has 20 heavy (non-hydrogen) atoms. The number of hydrogen-bond donors (Lipinski definition) is 1. The summed E-state index contributed by atoms with van der Waals surface area (Å²) in [4.78, 5) is 0. The molecule has 0 unspecified atom stereocenters. The van der Waals surface area contributed by atoms with Crippen LogP contribution in [0.2, 0.25) is 0 Å². The first-order valence-electron chi connectivity index (χ1n) is 6.99. The lowest BCUT2D eigenvalue weighted by atomic mass is 9.94. The molecule has 0 atom stereocenters. The Hall–Kier alpha value is -1.07. The van der Waals surface area contributed by atoms with Gasteiger partial charge in [0.25, 0.3) is 0 Å². The van der Waals surface area contributed by atoms with Crippen molar-refractivity contribution < 1.29 is 8.42 Å². The van der Waals surface area contributed by atoms with Gasteiger partial charge in [0.2, 0.25) is 10.0 Å². The Kier molecular flexibility index (Phi) is 5.59. The highest BCUT2D eigenvalue weighted by molar-refractivity contribution is 7.92. The van der Waals surface area contributed by atoms with E-state index in [0.717, 1.165) is 5.56 Å². The van der Waals surface area contributed by atoms with Crippen molar-refractivity contribution in [3.05, 3.63) is 29.8 Å². The van der Waals surface area contributed by atoms with Gasteiger partial charge in [0.15, 0.2) is 0 Å². The fourth-order valence-corrected chi connectivity index (χ4v) is 3.81. The van der Waals surface area contributed by atoms with Crippen LogP contribution < -0.4 is 10.0 Å². The summed E-state index contributed by atoms with van der Waals surface area (Å²) < 4.78 is 26.4. The summed E-state index contributed by atoms with van der Waals surface area (Å²) in [6.07, 6.45) is 0.646. The predicted octanol–water partition coefficient (Wildman–Crippen LogP) is 2.74. The second kappa shape index (κ2) is 6.59. The van der Waals surface area contributed by atoms with Gasteiger partial charge in [-0.1, -0.05) is 32.9 Å². The molecule has 0 aromatic heterocycles. The van der Waals surface area contributed by atoms with Crippen molar-refractivity contribution in [3.63, 3.8) is 0 Å². The summed E-state index contributed by atoms with van der Waals surface area (Å²) in [7, 11) is -3.28. The van der Waals surface area contributed by atoms with Crippen molar-refractivity contribution in [2.24, 2.45) is 11.1 Å². The molecule has 0 bridgehead atoms. The van der Waals surface area contributed by atoms with E-state index in [9.17, 15) is 8.42 Å². The third-order valence-electron chi connectivity index (χ3n) is 3.19. The predicted molar refractivity (Wildman–Crippen MR) is 85.2 cm³/mol. The van der Waals surface area contributed by atoms with Crippen molar-refractivity contribution in [2.75, 3.05) is 16.6 Å². The van der Waals surface area contributed by atoms with Crippen LogP contribution >= 0.6 is 0 Å². The molecule has 0 aliphatic rings. The second-order valence-electron chi connectivity index (χ2n) is 6.16. The fourth-order valence-electron chi connectivity index (χ4n) is 1.88. The maximum atomic E-state index is 12.5. The van der Waals surface area contributed by atoms with E-state index in [0.29, 0.717) is 25.2 Å². The van der Waals surface area contributed by atoms with Gasteiger partial charge in [0.05, 0.1) is 11.4 Å². The Morgan fingerprint density at radius 2 is 1.70 bits per heavy atom. The summed E-state index contributed by atoms with van der Waals surface area (Å²) in [6.45, 7) is 8.90. The lowest BCUT2D eigenvalue weighted by molar-refractivity contribution is 0.397. The van der Waals surface area contributed by atoms with E-state index in [1.54, 1.807) is 0 Å². The van der Waals surface area contributed by atoms with Crippen LogP contribution in [0.15, 0.2) is 24.3 Å². The molecule has 4 nitrogen and oxygen atoms in total. The molecule has 0 amide bonds. The molecule has 0 saturated heterocycles. The highest BCUT2D eigenvalue weighted by Gasteiger charge is 2.23. The first kappa shape index (κ1) is 17.0. The van der Waals surface area contributed by atoms with E-state index in [2.05, 4.69) is 20.8 Å². The van der Waals surface area contributed by atoms with Crippen LogP contribution in [0.5, 0.6) is 0 Å². The van der Waals surface area contributed by atoms with Gasteiger partial charge in [-0.05, 0) is 36.5 Å². The Labute approximate surface area is 123 Å². The lowest BCUT2D eigenvalue weighted by Gasteiger charge is -2.25. The zero-order valence-corrected chi connectivity index (χ0v) is 13.7. The quantitative estimate of drug-likeness (QED) is 0.878. The van der Waals surface area contributed by atoms with Crippen molar-refractivity contribution in [2.45, 2.75) is 40.7 Å². The fraction of sp³-hybridized carbons (Fsp3) is 0.600. The molecular formula is C15H26N2O2S. The van der Waals surface area contributed by atoms with Crippen LogP contribution in [-0.2, 0) is 16.6 Å². The number of hydrogen-bond acceptors (Lipinski definition) is 3. The first-order chi connectivity index (χ1) is 9.19. The average Bonchev–Trinajstić information content (AvgIpc) is 2.37. The largest absolute Gasteiger partial charge is 0.326 e. The minimum atomic E-state index is -3.28. The maximum absolute atomic E-state index is 12.5. The van der Waals surface area contributed by atoms with Gasteiger partial charge >= 0.3 is 0 Å². The SMILES string of the molecule is CCN(c1ccc(CN)cc1)S(=O)(=O)CCC(C)(C)C. The summed E-state index contributed by atoms with van der Waals surface area (Å²) in [5.41, 5.74) is 7.27. The number of nitrogens with two attached hydrogens (primary N) is 1. The molecule has 0 aliphatic carbocycles. The standard InChI is InChI=1S/C15H26N2O2S/c1-5-17(14-8-6-13(12-16)7-9-14)20(18,19)11-10-15(2,3)4/h6-9H,5,10-12,16H2,1-4H3. The number of sulfonamides is 1. The first-order valence-corrected chi connectivity index (χ1v) is 8.60. The molecule has 5 heteroatoms. The normalized spacial score (nSPS) is 12.4.